The van der Waals surface area contributed by atoms with E-state index in [2.05, 4.69) is 11.4 Å². The zero-order valence-corrected chi connectivity index (χ0v) is 10.4. The van der Waals surface area contributed by atoms with Crippen molar-refractivity contribution in [3.8, 4) is 6.07 Å². The van der Waals surface area contributed by atoms with Gasteiger partial charge >= 0.3 is 0 Å². The van der Waals surface area contributed by atoms with Gasteiger partial charge in [-0.05, 0) is 48.9 Å². The molecule has 0 saturated heterocycles. The molecule has 0 bridgehead atoms. The zero-order valence-electron chi connectivity index (χ0n) is 10.4. The van der Waals surface area contributed by atoms with Gasteiger partial charge in [0.15, 0.2) is 0 Å². The van der Waals surface area contributed by atoms with E-state index in [1.54, 1.807) is 18.2 Å². The van der Waals surface area contributed by atoms with E-state index in [1.807, 2.05) is 6.92 Å². The summed E-state index contributed by atoms with van der Waals surface area (Å²) in [7, 11) is 0. The van der Waals surface area contributed by atoms with Crippen LogP contribution in [0.3, 0.4) is 0 Å². The van der Waals surface area contributed by atoms with Gasteiger partial charge in [-0.25, -0.2) is 8.78 Å². The SMILES string of the molecule is Cc1cc(NCc2cc(F)ccc2F)ccc1C#N. The Kier molecular flexibility index (Phi) is 3.76. The number of halogens is 2. The second-order valence-electron chi connectivity index (χ2n) is 4.23. The molecule has 0 amide bonds. The zero-order chi connectivity index (χ0) is 13.8. The average Bonchev–Trinajstić information content (AvgIpc) is 2.40. The fourth-order valence-electron chi connectivity index (χ4n) is 1.78. The lowest BCUT2D eigenvalue weighted by Gasteiger charge is -2.09. The van der Waals surface area contributed by atoms with Crippen molar-refractivity contribution in [3.63, 3.8) is 0 Å². The number of benzene rings is 2. The fourth-order valence-corrected chi connectivity index (χ4v) is 1.78. The third-order valence-corrected chi connectivity index (χ3v) is 2.84. The number of nitriles is 1. The highest BCUT2D eigenvalue weighted by atomic mass is 19.1. The summed E-state index contributed by atoms with van der Waals surface area (Å²) in [6.07, 6.45) is 0. The minimum atomic E-state index is -0.464. The lowest BCUT2D eigenvalue weighted by atomic mass is 10.1. The maximum Gasteiger partial charge on any atom is 0.128 e. The molecule has 0 saturated carbocycles. The Morgan fingerprint density at radius 1 is 1.16 bits per heavy atom. The second-order valence-corrected chi connectivity index (χ2v) is 4.23. The van der Waals surface area contributed by atoms with Crippen LogP contribution in [-0.4, -0.2) is 0 Å². The Labute approximate surface area is 110 Å². The molecule has 1 N–H and O–H groups in total. The van der Waals surface area contributed by atoms with Crippen molar-refractivity contribution in [1.29, 1.82) is 5.26 Å². The maximum absolute atomic E-state index is 13.4. The first kappa shape index (κ1) is 13.0. The highest BCUT2D eigenvalue weighted by Gasteiger charge is 2.04. The first-order chi connectivity index (χ1) is 9.10. The van der Waals surface area contributed by atoms with Crippen LogP contribution in [-0.2, 0) is 6.54 Å². The Bertz CT molecular complexity index is 645. The number of aryl methyl sites for hydroxylation is 1. The Balaban J connectivity index is 2.13. The van der Waals surface area contributed by atoms with E-state index in [1.165, 1.54) is 6.07 Å². The summed E-state index contributed by atoms with van der Waals surface area (Å²) in [6.45, 7) is 2.02. The number of anilines is 1. The molecule has 96 valence electrons. The molecular formula is C15H12F2N2. The molecule has 2 aromatic rings. The maximum atomic E-state index is 13.4. The van der Waals surface area contributed by atoms with Crippen molar-refractivity contribution >= 4 is 5.69 Å². The molecule has 2 aromatic carbocycles. The third-order valence-electron chi connectivity index (χ3n) is 2.84. The third kappa shape index (κ3) is 3.08. The summed E-state index contributed by atoms with van der Waals surface area (Å²) in [5.41, 5.74) is 2.47. The molecule has 0 radical (unpaired) electrons. The van der Waals surface area contributed by atoms with Gasteiger partial charge in [0.25, 0.3) is 0 Å². The highest BCUT2D eigenvalue weighted by molar-refractivity contribution is 5.51. The van der Waals surface area contributed by atoms with Crippen LogP contribution in [0.4, 0.5) is 14.5 Å². The van der Waals surface area contributed by atoms with E-state index in [0.717, 1.165) is 23.4 Å². The largest absolute Gasteiger partial charge is 0.381 e. The van der Waals surface area contributed by atoms with E-state index < -0.39 is 11.6 Å². The van der Waals surface area contributed by atoms with Gasteiger partial charge in [-0.3, -0.25) is 0 Å². The Morgan fingerprint density at radius 3 is 2.63 bits per heavy atom. The highest BCUT2D eigenvalue weighted by Crippen LogP contribution is 2.16. The number of hydrogen-bond donors (Lipinski definition) is 1. The summed E-state index contributed by atoms with van der Waals surface area (Å²) in [5.74, 6) is -0.909. The van der Waals surface area contributed by atoms with Crippen LogP contribution in [0.1, 0.15) is 16.7 Å². The van der Waals surface area contributed by atoms with E-state index in [9.17, 15) is 8.78 Å². The molecule has 0 fully saturated rings. The summed E-state index contributed by atoms with van der Waals surface area (Å²) < 4.78 is 26.4. The smallest absolute Gasteiger partial charge is 0.128 e. The van der Waals surface area contributed by atoms with Crippen LogP contribution in [0.25, 0.3) is 0 Å². The number of nitrogens with one attached hydrogen (secondary N) is 1. The molecule has 0 aliphatic carbocycles. The van der Waals surface area contributed by atoms with Crippen molar-refractivity contribution in [3.05, 3.63) is 64.7 Å². The molecule has 4 heteroatoms. The first-order valence-electron chi connectivity index (χ1n) is 5.78. The summed E-state index contributed by atoms with van der Waals surface area (Å²) in [5, 5.41) is 11.8. The number of nitrogens with zero attached hydrogens (tertiary/aromatic N) is 1. The quantitative estimate of drug-likeness (QED) is 0.909. The summed E-state index contributed by atoms with van der Waals surface area (Å²) in [4.78, 5) is 0. The molecule has 0 spiro atoms. The minimum Gasteiger partial charge on any atom is -0.381 e. The Morgan fingerprint density at radius 2 is 1.95 bits per heavy atom. The lowest BCUT2D eigenvalue weighted by molar-refractivity contribution is 0.587. The average molecular weight is 258 g/mol. The van der Waals surface area contributed by atoms with Gasteiger partial charge in [-0.1, -0.05) is 0 Å². The minimum absolute atomic E-state index is 0.189. The van der Waals surface area contributed by atoms with Crippen molar-refractivity contribution in [2.24, 2.45) is 0 Å². The summed E-state index contributed by atoms with van der Waals surface area (Å²) in [6, 6.07) is 10.7. The number of rotatable bonds is 3. The van der Waals surface area contributed by atoms with Crippen LogP contribution in [0.15, 0.2) is 36.4 Å². The van der Waals surface area contributed by atoms with Crippen LogP contribution < -0.4 is 5.32 Å². The molecule has 0 atom stereocenters. The van der Waals surface area contributed by atoms with Gasteiger partial charge < -0.3 is 5.32 Å². The van der Waals surface area contributed by atoms with E-state index in [-0.39, 0.29) is 12.1 Å². The number of hydrogen-bond acceptors (Lipinski definition) is 2. The second kappa shape index (κ2) is 5.49. The Hall–Kier alpha value is -2.41. The van der Waals surface area contributed by atoms with E-state index >= 15 is 0 Å². The van der Waals surface area contributed by atoms with Crippen LogP contribution in [0, 0.1) is 29.9 Å². The molecule has 2 rings (SSSR count). The predicted octanol–water partition coefficient (Wildman–Crippen LogP) is 3.76. The monoisotopic (exact) mass is 258 g/mol. The molecule has 19 heavy (non-hydrogen) atoms. The van der Waals surface area contributed by atoms with Crippen LogP contribution >= 0.6 is 0 Å². The predicted molar refractivity (Wildman–Crippen MR) is 69.6 cm³/mol. The lowest BCUT2D eigenvalue weighted by Crippen LogP contribution is -2.02. The van der Waals surface area contributed by atoms with Crippen molar-refractivity contribution in [2.75, 3.05) is 5.32 Å². The van der Waals surface area contributed by atoms with Gasteiger partial charge in [0.2, 0.25) is 0 Å². The molecule has 0 aliphatic rings. The van der Waals surface area contributed by atoms with Gasteiger partial charge in [-0.2, -0.15) is 5.26 Å². The molecule has 2 nitrogen and oxygen atoms in total. The first-order valence-corrected chi connectivity index (χ1v) is 5.78. The molecule has 0 aromatic heterocycles. The van der Waals surface area contributed by atoms with E-state index in [4.69, 9.17) is 5.26 Å². The van der Waals surface area contributed by atoms with Gasteiger partial charge in [0.05, 0.1) is 11.6 Å². The van der Waals surface area contributed by atoms with Crippen molar-refractivity contribution in [1.82, 2.24) is 0 Å². The van der Waals surface area contributed by atoms with Crippen LogP contribution in [0.5, 0.6) is 0 Å². The van der Waals surface area contributed by atoms with E-state index in [0.29, 0.717) is 5.56 Å². The van der Waals surface area contributed by atoms with Gasteiger partial charge in [0.1, 0.15) is 11.6 Å². The summed E-state index contributed by atoms with van der Waals surface area (Å²) >= 11 is 0. The van der Waals surface area contributed by atoms with Crippen LogP contribution in [0.2, 0.25) is 0 Å². The molecule has 0 aliphatic heterocycles. The molecule has 0 heterocycles. The molecule has 0 unspecified atom stereocenters. The standard InChI is InChI=1S/C15H12F2N2/c1-10-6-14(4-2-11(10)8-18)19-9-12-7-13(16)3-5-15(12)17/h2-7,19H,9H2,1H3. The topological polar surface area (TPSA) is 35.8 Å². The van der Waals surface area contributed by atoms with Gasteiger partial charge in [0, 0.05) is 17.8 Å². The van der Waals surface area contributed by atoms with Crippen molar-refractivity contribution < 1.29 is 8.78 Å². The normalized spacial score (nSPS) is 10.0. The van der Waals surface area contributed by atoms with Crippen molar-refractivity contribution in [2.45, 2.75) is 13.5 Å². The van der Waals surface area contributed by atoms with Gasteiger partial charge in [-0.15, -0.1) is 0 Å². The fraction of sp³-hybridized carbons (Fsp3) is 0.133. The molecular weight excluding hydrogens is 246 g/mol.